The fraction of sp³-hybridized carbons (Fsp3) is 0.429. The third-order valence-electron chi connectivity index (χ3n) is 1.75. The lowest BCUT2D eigenvalue weighted by Crippen LogP contribution is -2.14. The van der Waals surface area contributed by atoms with E-state index in [0.29, 0.717) is 6.20 Å². The number of alkyl halides is 3. The number of methoxy groups -OCH3 is 1. The lowest BCUT2D eigenvalue weighted by molar-refractivity contribution is -0.385. The van der Waals surface area contributed by atoms with E-state index in [0.717, 1.165) is 7.11 Å². The van der Waals surface area contributed by atoms with Gasteiger partial charge in [0.15, 0.2) is 0 Å². The maximum atomic E-state index is 12.9. The van der Waals surface area contributed by atoms with Crippen LogP contribution in [0.15, 0.2) is 6.20 Å². The molecular weight excluding hydrogens is 247 g/mol. The SMILES string of the molecule is COC(=O)c1nn(C(F)C(F)F)cc1[N+](=O)[O-]. The van der Waals surface area contributed by atoms with Gasteiger partial charge in [0.25, 0.3) is 12.7 Å². The summed E-state index contributed by atoms with van der Waals surface area (Å²) in [6, 6.07) is 0. The highest BCUT2D eigenvalue weighted by molar-refractivity contribution is 5.91. The molecule has 1 unspecified atom stereocenters. The van der Waals surface area contributed by atoms with Gasteiger partial charge in [0.2, 0.25) is 5.69 Å². The quantitative estimate of drug-likeness (QED) is 0.458. The zero-order valence-electron chi connectivity index (χ0n) is 8.34. The predicted molar refractivity (Wildman–Crippen MR) is 46.4 cm³/mol. The van der Waals surface area contributed by atoms with Gasteiger partial charge in [-0.1, -0.05) is 0 Å². The van der Waals surface area contributed by atoms with E-state index in [1.807, 2.05) is 0 Å². The average molecular weight is 253 g/mol. The Bertz CT molecular complexity index is 448. The van der Waals surface area contributed by atoms with Crippen LogP contribution in [0, 0.1) is 10.1 Å². The number of rotatable bonds is 4. The highest BCUT2D eigenvalue weighted by Crippen LogP contribution is 2.23. The Morgan fingerprint density at radius 3 is 2.59 bits per heavy atom. The fourth-order valence-electron chi connectivity index (χ4n) is 0.999. The molecule has 7 nitrogen and oxygen atoms in total. The Balaban J connectivity index is 3.21. The monoisotopic (exact) mass is 253 g/mol. The summed E-state index contributed by atoms with van der Waals surface area (Å²) in [5, 5.41) is 13.6. The van der Waals surface area contributed by atoms with Crippen LogP contribution in [-0.4, -0.2) is 34.2 Å². The van der Waals surface area contributed by atoms with Crippen LogP contribution in [0.1, 0.15) is 16.8 Å². The van der Waals surface area contributed by atoms with E-state index >= 15 is 0 Å². The molecule has 0 aliphatic heterocycles. The topological polar surface area (TPSA) is 87.3 Å². The van der Waals surface area contributed by atoms with Crippen molar-refractivity contribution in [3.63, 3.8) is 0 Å². The predicted octanol–water partition coefficient (Wildman–Crippen LogP) is 1.31. The van der Waals surface area contributed by atoms with Gasteiger partial charge in [-0.15, -0.1) is 0 Å². The van der Waals surface area contributed by atoms with Crippen LogP contribution in [0.25, 0.3) is 0 Å². The summed E-state index contributed by atoms with van der Waals surface area (Å²) in [4.78, 5) is 20.5. The molecule has 0 saturated carbocycles. The van der Waals surface area contributed by atoms with Crippen molar-refractivity contribution in [3.05, 3.63) is 22.0 Å². The Hall–Kier alpha value is -2.13. The lowest BCUT2D eigenvalue weighted by atomic mass is 10.4. The van der Waals surface area contributed by atoms with E-state index < -0.39 is 35.0 Å². The summed E-state index contributed by atoms with van der Waals surface area (Å²) >= 11 is 0. The number of halogens is 3. The summed E-state index contributed by atoms with van der Waals surface area (Å²) in [6.45, 7) is 0. The van der Waals surface area contributed by atoms with Gasteiger partial charge in [-0.05, 0) is 0 Å². The molecule has 1 rings (SSSR count). The summed E-state index contributed by atoms with van der Waals surface area (Å²) in [5.74, 6) is -1.21. The van der Waals surface area contributed by atoms with Crippen molar-refractivity contribution < 1.29 is 27.6 Å². The van der Waals surface area contributed by atoms with Gasteiger partial charge in [-0.2, -0.15) is 5.10 Å². The number of nitro groups is 1. The van der Waals surface area contributed by atoms with Crippen LogP contribution in [0.3, 0.4) is 0 Å². The summed E-state index contributed by atoms with van der Waals surface area (Å²) in [5.41, 5.74) is -1.74. The minimum absolute atomic E-state index is 0.00898. The highest BCUT2D eigenvalue weighted by atomic mass is 19.3. The Morgan fingerprint density at radius 2 is 2.18 bits per heavy atom. The van der Waals surface area contributed by atoms with Crippen molar-refractivity contribution in [2.45, 2.75) is 12.7 Å². The second-order valence-electron chi connectivity index (χ2n) is 2.80. The van der Waals surface area contributed by atoms with Crippen LogP contribution < -0.4 is 0 Å². The van der Waals surface area contributed by atoms with Crippen molar-refractivity contribution in [1.29, 1.82) is 0 Å². The smallest absolute Gasteiger partial charge is 0.365 e. The first-order valence-electron chi connectivity index (χ1n) is 4.12. The summed E-state index contributed by atoms with van der Waals surface area (Å²) < 4.78 is 41.1. The molecule has 0 aliphatic rings. The lowest BCUT2D eigenvalue weighted by Gasteiger charge is -2.05. The van der Waals surface area contributed by atoms with Crippen molar-refractivity contribution in [2.75, 3.05) is 7.11 Å². The normalized spacial score (nSPS) is 12.5. The minimum Gasteiger partial charge on any atom is -0.464 e. The van der Waals surface area contributed by atoms with Gasteiger partial charge in [0.1, 0.15) is 6.20 Å². The van der Waals surface area contributed by atoms with Crippen LogP contribution in [0.5, 0.6) is 0 Å². The third kappa shape index (κ3) is 2.52. The number of carbonyl (C=O) groups excluding carboxylic acids is 1. The number of ether oxygens (including phenoxy) is 1. The maximum absolute atomic E-state index is 12.9. The molecule has 1 atom stereocenters. The molecule has 0 radical (unpaired) electrons. The third-order valence-corrected chi connectivity index (χ3v) is 1.75. The average Bonchev–Trinajstić information content (AvgIpc) is 2.71. The molecule has 0 aliphatic carbocycles. The first-order valence-corrected chi connectivity index (χ1v) is 4.12. The zero-order chi connectivity index (χ0) is 13.2. The van der Waals surface area contributed by atoms with Crippen molar-refractivity contribution in [3.8, 4) is 0 Å². The van der Waals surface area contributed by atoms with Crippen LogP contribution >= 0.6 is 0 Å². The van der Waals surface area contributed by atoms with Gasteiger partial charge < -0.3 is 4.74 Å². The second kappa shape index (κ2) is 4.80. The van der Waals surface area contributed by atoms with E-state index in [9.17, 15) is 28.1 Å². The molecule has 0 amide bonds. The molecule has 94 valence electrons. The van der Waals surface area contributed by atoms with Crippen molar-refractivity contribution in [2.24, 2.45) is 0 Å². The number of hydrogen-bond acceptors (Lipinski definition) is 5. The van der Waals surface area contributed by atoms with E-state index in [1.165, 1.54) is 0 Å². The number of aromatic nitrogens is 2. The van der Waals surface area contributed by atoms with E-state index in [-0.39, 0.29) is 4.68 Å². The summed E-state index contributed by atoms with van der Waals surface area (Å²) in [6.07, 6.45) is -5.88. The van der Waals surface area contributed by atoms with Crippen LogP contribution in [0.2, 0.25) is 0 Å². The molecule has 0 aromatic carbocycles. The summed E-state index contributed by atoms with van der Waals surface area (Å²) in [7, 11) is 0.922. The molecule has 1 heterocycles. The Labute approximate surface area is 91.9 Å². The number of hydrogen-bond donors (Lipinski definition) is 0. The minimum atomic E-state index is -3.42. The van der Waals surface area contributed by atoms with E-state index in [2.05, 4.69) is 9.84 Å². The molecule has 0 N–H and O–H groups in total. The van der Waals surface area contributed by atoms with Crippen LogP contribution in [-0.2, 0) is 4.74 Å². The Kier molecular flexibility index (Phi) is 3.66. The standard InChI is InChI=1S/C7H6F3N3O4/c1-17-7(14)4-3(13(15)16)2-12(11-4)6(10)5(8)9/h2,5-6H,1H3. The number of esters is 1. The van der Waals surface area contributed by atoms with E-state index in [4.69, 9.17) is 0 Å². The molecule has 0 spiro atoms. The van der Waals surface area contributed by atoms with E-state index in [1.54, 1.807) is 0 Å². The Morgan fingerprint density at radius 1 is 1.59 bits per heavy atom. The van der Waals surface area contributed by atoms with Crippen LogP contribution in [0.4, 0.5) is 18.9 Å². The van der Waals surface area contributed by atoms with Gasteiger partial charge in [-0.25, -0.2) is 22.6 Å². The van der Waals surface area contributed by atoms with Crippen molar-refractivity contribution in [1.82, 2.24) is 9.78 Å². The van der Waals surface area contributed by atoms with Crippen molar-refractivity contribution >= 4 is 11.7 Å². The fourth-order valence-corrected chi connectivity index (χ4v) is 0.999. The molecule has 1 aromatic rings. The zero-order valence-corrected chi connectivity index (χ0v) is 8.34. The number of nitrogens with zero attached hydrogens (tertiary/aromatic N) is 3. The molecule has 0 saturated heterocycles. The van der Waals surface area contributed by atoms with Gasteiger partial charge >= 0.3 is 11.7 Å². The van der Waals surface area contributed by atoms with Gasteiger partial charge in [-0.3, -0.25) is 10.1 Å². The molecule has 1 aromatic heterocycles. The molecule has 0 bridgehead atoms. The first kappa shape index (κ1) is 12.9. The molecular formula is C7H6F3N3O4. The maximum Gasteiger partial charge on any atom is 0.365 e. The molecule has 0 fully saturated rings. The first-order chi connectivity index (χ1) is 7.88. The second-order valence-corrected chi connectivity index (χ2v) is 2.80. The molecule has 10 heteroatoms. The highest BCUT2D eigenvalue weighted by Gasteiger charge is 2.31. The number of carbonyl (C=O) groups is 1. The van der Waals surface area contributed by atoms with Gasteiger partial charge in [0, 0.05) is 0 Å². The largest absolute Gasteiger partial charge is 0.464 e. The van der Waals surface area contributed by atoms with Gasteiger partial charge in [0.05, 0.1) is 12.0 Å². The molecule has 17 heavy (non-hydrogen) atoms.